The summed E-state index contributed by atoms with van der Waals surface area (Å²) >= 11 is 0. The molecule has 0 radical (unpaired) electrons. The zero-order chi connectivity index (χ0) is 15.4. The van der Waals surface area contributed by atoms with E-state index in [-0.39, 0.29) is 0 Å². The largest absolute Gasteiger partial charge is 0.445 e. The van der Waals surface area contributed by atoms with Crippen LogP contribution in [0.2, 0.25) is 0 Å². The van der Waals surface area contributed by atoms with Crippen molar-refractivity contribution in [3.8, 4) is 0 Å². The highest BCUT2D eigenvalue weighted by Gasteiger charge is 2.24. The van der Waals surface area contributed by atoms with Gasteiger partial charge in [-0.25, -0.2) is 4.98 Å². The third-order valence-corrected chi connectivity index (χ3v) is 4.14. The lowest BCUT2D eigenvalue weighted by Gasteiger charge is -2.21. The zero-order valence-corrected chi connectivity index (χ0v) is 13.4. The highest BCUT2D eigenvalue weighted by atomic mass is 16.4. The van der Waals surface area contributed by atoms with Crippen molar-refractivity contribution < 1.29 is 4.42 Å². The van der Waals surface area contributed by atoms with Crippen LogP contribution in [0.15, 0.2) is 35.1 Å². The molecule has 0 saturated carbocycles. The van der Waals surface area contributed by atoms with Gasteiger partial charge in [-0.15, -0.1) is 0 Å². The Bertz CT molecular complexity index is 583. The van der Waals surface area contributed by atoms with E-state index in [1.165, 1.54) is 12.0 Å². The van der Waals surface area contributed by atoms with Gasteiger partial charge >= 0.3 is 0 Å². The van der Waals surface area contributed by atoms with Crippen LogP contribution in [0.5, 0.6) is 0 Å². The molecule has 118 valence electrons. The fourth-order valence-corrected chi connectivity index (χ4v) is 3.18. The molecule has 1 saturated heterocycles. The minimum atomic E-state index is 0.720. The molecule has 0 aliphatic carbocycles. The van der Waals surface area contributed by atoms with Crippen LogP contribution in [0.3, 0.4) is 0 Å². The Morgan fingerprint density at radius 2 is 2.32 bits per heavy atom. The summed E-state index contributed by atoms with van der Waals surface area (Å²) < 4.78 is 5.57. The summed E-state index contributed by atoms with van der Waals surface area (Å²) in [6, 6.07) is 4.13. The smallest absolute Gasteiger partial charge is 0.208 e. The Morgan fingerprint density at radius 1 is 1.41 bits per heavy atom. The molecule has 3 heterocycles. The molecular weight excluding hydrogens is 276 g/mol. The van der Waals surface area contributed by atoms with E-state index in [1.807, 2.05) is 25.4 Å². The normalized spacial score (nSPS) is 19.1. The number of rotatable bonds is 6. The predicted octanol–water partition coefficient (Wildman–Crippen LogP) is 2.33. The molecule has 0 amide bonds. The summed E-state index contributed by atoms with van der Waals surface area (Å²) in [6.45, 7) is 7.11. The van der Waals surface area contributed by atoms with E-state index in [9.17, 15) is 0 Å². The van der Waals surface area contributed by atoms with Crippen molar-refractivity contribution in [3.05, 3.63) is 47.9 Å². The Hall–Kier alpha value is -1.72. The van der Waals surface area contributed by atoms with Gasteiger partial charge in [0.2, 0.25) is 5.89 Å². The Kier molecular flexibility index (Phi) is 4.85. The fourth-order valence-electron chi connectivity index (χ4n) is 3.18. The van der Waals surface area contributed by atoms with Crippen LogP contribution in [-0.4, -0.2) is 46.4 Å². The topological polar surface area (TPSA) is 45.4 Å². The lowest BCUT2D eigenvalue weighted by molar-refractivity contribution is 0.243. The molecular formula is C17H24N4O. The summed E-state index contributed by atoms with van der Waals surface area (Å²) in [5, 5.41) is 0. The molecule has 3 rings (SSSR count). The van der Waals surface area contributed by atoms with Crippen molar-refractivity contribution in [2.45, 2.75) is 26.4 Å². The van der Waals surface area contributed by atoms with E-state index in [2.05, 4.69) is 32.9 Å². The predicted molar refractivity (Wildman–Crippen MR) is 85.2 cm³/mol. The first-order valence-electron chi connectivity index (χ1n) is 7.90. The van der Waals surface area contributed by atoms with Gasteiger partial charge in [0.15, 0.2) is 0 Å². The van der Waals surface area contributed by atoms with E-state index >= 15 is 0 Å². The first kappa shape index (κ1) is 15.2. The maximum absolute atomic E-state index is 5.57. The van der Waals surface area contributed by atoms with Gasteiger partial charge in [0.05, 0.1) is 12.7 Å². The molecule has 1 aliphatic heterocycles. The molecule has 1 atom stereocenters. The number of pyridine rings is 1. The van der Waals surface area contributed by atoms with E-state index in [4.69, 9.17) is 4.42 Å². The molecule has 1 fully saturated rings. The minimum Gasteiger partial charge on any atom is -0.445 e. The van der Waals surface area contributed by atoms with Gasteiger partial charge in [-0.05, 0) is 44.5 Å². The van der Waals surface area contributed by atoms with E-state index in [0.29, 0.717) is 0 Å². The van der Waals surface area contributed by atoms with Crippen molar-refractivity contribution in [1.29, 1.82) is 0 Å². The first-order valence-corrected chi connectivity index (χ1v) is 7.90. The lowest BCUT2D eigenvalue weighted by Crippen LogP contribution is -2.28. The Morgan fingerprint density at radius 3 is 3.05 bits per heavy atom. The standard InChI is InChI=1S/C17H24N4O/c1-14-8-19-17(22-14)13-21-7-5-16(12-21)11-20(2)10-15-4-3-6-18-9-15/h3-4,6,8-9,16H,5,7,10-13H2,1-2H3/t16-/m1/s1. The lowest BCUT2D eigenvalue weighted by atomic mass is 10.1. The van der Waals surface area contributed by atoms with Crippen molar-refractivity contribution in [1.82, 2.24) is 19.8 Å². The van der Waals surface area contributed by atoms with Gasteiger partial charge in [0.1, 0.15) is 5.76 Å². The number of oxazole rings is 1. The quantitative estimate of drug-likeness (QED) is 0.819. The maximum atomic E-state index is 5.57. The highest BCUT2D eigenvalue weighted by molar-refractivity contribution is 5.08. The number of nitrogens with zero attached hydrogens (tertiary/aromatic N) is 4. The summed E-state index contributed by atoms with van der Waals surface area (Å²) in [7, 11) is 2.19. The molecule has 0 spiro atoms. The van der Waals surface area contributed by atoms with Crippen molar-refractivity contribution >= 4 is 0 Å². The van der Waals surface area contributed by atoms with Gasteiger partial charge in [-0.1, -0.05) is 6.07 Å². The third kappa shape index (κ3) is 4.15. The highest BCUT2D eigenvalue weighted by Crippen LogP contribution is 2.20. The molecule has 22 heavy (non-hydrogen) atoms. The molecule has 0 bridgehead atoms. The van der Waals surface area contributed by atoms with Crippen LogP contribution < -0.4 is 0 Å². The van der Waals surface area contributed by atoms with Crippen LogP contribution in [0.4, 0.5) is 0 Å². The first-order chi connectivity index (χ1) is 10.7. The second kappa shape index (κ2) is 7.03. The Balaban J connectivity index is 1.44. The molecule has 2 aromatic heterocycles. The van der Waals surface area contributed by atoms with Crippen LogP contribution in [0, 0.1) is 12.8 Å². The Labute approximate surface area is 132 Å². The average Bonchev–Trinajstić information content (AvgIpc) is 3.09. The van der Waals surface area contributed by atoms with Crippen molar-refractivity contribution in [3.63, 3.8) is 0 Å². The number of aryl methyl sites for hydroxylation is 1. The van der Waals surface area contributed by atoms with Gasteiger partial charge in [0.25, 0.3) is 0 Å². The number of likely N-dealkylation sites (tertiary alicyclic amines) is 1. The minimum absolute atomic E-state index is 0.720. The SMILES string of the molecule is Cc1cnc(CN2CC[C@H](CN(C)Cc3cccnc3)C2)o1. The number of hydrogen-bond donors (Lipinski definition) is 0. The van der Waals surface area contributed by atoms with E-state index in [0.717, 1.165) is 50.3 Å². The molecule has 0 unspecified atom stereocenters. The molecule has 0 N–H and O–H groups in total. The zero-order valence-electron chi connectivity index (χ0n) is 13.4. The van der Waals surface area contributed by atoms with Crippen LogP contribution >= 0.6 is 0 Å². The molecule has 5 nitrogen and oxygen atoms in total. The molecule has 0 aromatic carbocycles. The summed E-state index contributed by atoms with van der Waals surface area (Å²) in [5.74, 6) is 2.45. The van der Waals surface area contributed by atoms with Crippen LogP contribution in [-0.2, 0) is 13.1 Å². The fraction of sp³-hybridized carbons (Fsp3) is 0.529. The molecule has 2 aromatic rings. The second-order valence-electron chi connectivity index (χ2n) is 6.31. The summed E-state index contributed by atoms with van der Waals surface area (Å²) in [4.78, 5) is 13.3. The van der Waals surface area contributed by atoms with Gasteiger partial charge in [0, 0.05) is 32.0 Å². The van der Waals surface area contributed by atoms with E-state index in [1.54, 1.807) is 6.20 Å². The van der Waals surface area contributed by atoms with Crippen LogP contribution in [0.25, 0.3) is 0 Å². The average molecular weight is 300 g/mol. The van der Waals surface area contributed by atoms with Gasteiger partial charge < -0.3 is 9.32 Å². The molecule has 5 heteroatoms. The maximum Gasteiger partial charge on any atom is 0.208 e. The summed E-state index contributed by atoms with van der Waals surface area (Å²) in [6.07, 6.45) is 6.81. The van der Waals surface area contributed by atoms with Crippen LogP contribution in [0.1, 0.15) is 23.6 Å². The third-order valence-electron chi connectivity index (χ3n) is 4.14. The van der Waals surface area contributed by atoms with Gasteiger partial charge in [-0.2, -0.15) is 0 Å². The van der Waals surface area contributed by atoms with Crippen molar-refractivity contribution in [2.75, 3.05) is 26.7 Å². The molecule has 1 aliphatic rings. The van der Waals surface area contributed by atoms with Crippen molar-refractivity contribution in [2.24, 2.45) is 5.92 Å². The van der Waals surface area contributed by atoms with Gasteiger partial charge in [-0.3, -0.25) is 9.88 Å². The number of aromatic nitrogens is 2. The second-order valence-corrected chi connectivity index (χ2v) is 6.31. The number of hydrogen-bond acceptors (Lipinski definition) is 5. The van der Waals surface area contributed by atoms with E-state index < -0.39 is 0 Å². The summed E-state index contributed by atoms with van der Waals surface area (Å²) in [5.41, 5.74) is 1.27. The monoisotopic (exact) mass is 300 g/mol.